The largest absolute Gasteiger partial charge is 0.443 e. The minimum Gasteiger partial charge on any atom is -0.405 e. The van der Waals surface area contributed by atoms with Crippen molar-refractivity contribution in [3.63, 3.8) is 0 Å². The number of aliphatic imine (C=N–C) groups is 1. The number of alkyl halides is 3. The second-order valence-electron chi connectivity index (χ2n) is 9.20. The van der Waals surface area contributed by atoms with Crippen molar-refractivity contribution in [1.82, 2.24) is 10.3 Å². The minimum atomic E-state index is -4.75. The van der Waals surface area contributed by atoms with Gasteiger partial charge in [-0.2, -0.15) is 13.2 Å². The fraction of sp³-hybridized carbons (Fsp3) is 0.269. The third-order valence-electron chi connectivity index (χ3n) is 5.78. The molecule has 1 amide bonds. The van der Waals surface area contributed by atoms with Crippen molar-refractivity contribution in [3.05, 3.63) is 76.4 Å². The molecule has 3 aromatic rings. The molecule has 0 unspecified atom stereocenters. The molecule has 1 aliphatic rings. The Bertz CT molecular complexity index is 1460. The summed E-state index contributed by atoms with van der Waals surface area (Å²) in [5.74, 6) is -1.43. The first-order chi connectivity index (χ1) is 18.9. The monoisotopic (exact) mass is 573 g/mol. The summed E-state index contributed by atoms with van der Waals surface area (Å²) in [5.41, 5.74) is 1.18. The first kappa shape index (κ1) is 28.7. The molecule has 0 radical (unpaired) electrons. The van der Waals surface area contributed by atoms with E-state index in [1.54, 1.807) is 38.1 Å². The molecule has 0 saturated heterocycles. The zero-order valence-corrected chi connectivity index (χ0v) is 22.5. The number of carbonyl (C=O) groups is 1. The van der Waals surface area contributed by atoms with Gasteiger partial charge in [0.25, 0.3) is 11.9 Å². The predicted molar refractivity (Wildman–Crippen MR) is 146 cm³/mol. The summed E-state index contributed by atoms with van der Waals surface area (Å²) in [6.07, 6.45) is -6.10. The number of amidine groups is 1. The van der Waals surface area contributed by atoms with Crippen LogP contribution in [0.4, 0.5) is 23.9 Å². The Balaban J connectivity index is 1.57. The summed E-state index contributed by atoms with van der Waals surface area (Å²) in [6.45, 7) is 3.57. The van der Waals surface area contributed by atoms with Gasteiger partial charge in [0.05, 0.1) is 17.0 Å². The van der Waals surface area contributed by atoms with Crippen LogP contribution in [0.3, 0.4) is 0 Å². The normalized spacial score (nSPS) is 15.3. The Kier molecular flexibility index (Phi) is 8.21. The highest BCUT2D eigenvalue weighted by atomic mass is 32.1. The summed E-state index contributed by atoms with van der Waals surface area (Å²) >= 11 is 0.302. The first-order valence-corrected chi connectivity index (χ1v) is 12.7. The van der Waals surface area contributed by atoms with Crippen LogP contribution in [0.15, 0.2) is 59.6 Å². The van der Waals surface area contributed by atoms with E-state index in [9.17, 15) is 18.0 Å². The van der Waals surface area contributed by atoms with Gasteiger partial charge in [-0.3, -0.25) is 15.6 Å². The number of amides is 1. The third-order valence-corrected chi connectivity index (χ3v) is 6.84. The van der Waals surface area contributed by atoms with Crippen molar-refractivity contribution in [2.45, 2.75) is 31.8 Å². The highest BCUT2D eigenvalue weighted by molar-refractivity contribution is 7.16. The summed E-state index contributed by atoms with van der Waals surface area (Å²) in [5, 5.41) is 23.3. The molecule has 14 heteroatoms. The number of carbonyl (C=O) groups excluding carboxylic acids is 1. The van der Waals surface area contributed by atoms with E-state index in [1.807, 2.05) is 30.3 Å². The molecule has 1 atom stereocenters. The van der Waals surface area contributed by atoms with Gasteiger partial charge in [-0.15, -0.1) is 0 Å². The van der Waals surface area contributed by atoms with Crippen molar-refractivity contribution in [2.24, 2.45) is 4.99 Å². The van der Waals surface area contributed by atoms with Crippen molar-refractivity contribution in [3.8, 4) is 0 Å². The van der Waals surface area contributed by atoms with Crippen LogP contribution in [0.2, 0.25) is 0 Å². The average Bonchev–Trinajstić information content (AvgIpc) is 3.31. The SMILES string of the molecule is COC(C)(C)CNc1sc(C(F)(F)F)nc1C(=N)OC(=N)N[C@H]1N=C(c2ccccc2)c2ccccc2NC1=O. The number of hydrogen-bond donors (Lipinski definition) is 5. The topological polar surface area (TPSA) is 145 Å². The second kappa shape index (κ2) is 11.4. The van der Waals surface area contributed by atoms with Gasteiger partial charge in [0, 0.05) is 24.8 Å². The minimum absolute atomic E-state index is 0.0812. The Morgan fingerprint density at radius 1 is 1.10 bits per heavy atom. The van der Waals surface area contributed by atoms with Gasteiger partial charge in [-0.25, -0.2) is 9.98 Å². The van der Waals surface area contributed by atoms with Gasteiger partial charge < -0.3 is 25.4 Å². The first-order valence-electron chi connectivity index (χ1n) is 11.9. The van der Waals surface area contributed by atoms with Crippen LogP contribution in [0.25, 0.3) is 0 Å². The Hall–Kier alpha value is -4.30. The van der Waals surface area contributed by atoms with Crippen LogP contribution in [0, 0.1) is 10.8 Å². The molecule has 210 valence electrons. The van der Waals surface area contributed by atoms with Gasteiger partial charge in [-0.1, -0.05) is 59.9 Å². The molecular weight excluding hydrogens is 547 g/mol. The Morgan fingerprint density at radius 2 is 1.77 bits per heavy atom. The number of hydrogen-bond acceptors (Lipinski definition) is 9. The molecule has 10 nitrogen and oxygen atoms in total. The molecule has 0 bridgehead atoms. The van der Waals surface area contributed by atoms with E-state index in [1.165, 1.54) is 7.11 Å². The number of methoxy groups -OCH3 is 1. The van der Waals surface area contributed by atoms with Crippen molar-refractivity contribution in [2.75, 3.05) is 24.3 Å². The number of rotatable bonds is 7. The maximum Gasteiger partial charge on any atom is 0.443 e. The van der Waals surface area contributed by atoms with Crippen LogP contribution in [-0.4, -0.2) is 53.9 Å². The molecule has 0 spiro atoms. The molecule has 1 aromatic heterocycles. The number of fused-ring (bicyclic) bond motifs is 1. The van der Waals surface area contributed by atoms with E-state index in [-0.39, 0.29) is 11.5 Å². The Labute approximate surface area is 231 Å². The summed E-state index contributed by atoms with van der Waals surface area (Å²) in [6, 6.07) is 15.4. The molecule has 2 heterocycles. The standard InChI is InChI=1S/C26H26F3N7O3S/c1-25(2,38-3)13-32-22-18(35-23(40-22)26(27,28)29)19(30)39-24(31)36-20-21(37)33-16-12-8-7-11-15(16)17(34-20)14-9-5-4-6-10-14/h4-12,20,30,32H,13H2,1-3H3,(H2,31,36)(H,33,37)/t20-/m1/s1. The molecule has 1 aliphatic heterocycles. The third kappa shape index (κ3) is 6.63. The zero-order chi connectivity index (χ0) is 29.1. The van der Waals surface area contributed by atoms with E-state index in [0.717, 1.165) is 5.56 Å². The van der Waals surface area contributed by atoms with Gasteiger partial charge >= 0.3 is 6.18 Å². The number of anilines is 2. The van der Waals surface area contributed by atoms with E-state index in [0.29, 0.717) is 28.3 Å². The fourth-order valence-corrected chi connectivity index (χ4v) is 4.39. The van der Waals surface area contributed by atoms with E-state index >= 15 is 0 Å². The zero-order valence-electron chi connectivity index (χ0n) is 21.6. The number of nitrogens with one attached hydrogen (secondary N) is 5. The number of halogens is 3. The highest BCUT2D eigenvalue weighted by Gasteiger charge is 2.37. The number of ether oxygens (including phenoxy) is 2. The maximum atomic E-state index is 13.4. The van der Waals surface area contributed by atoms with E-state index in [4.69, 9.17) is 20.3 Å². The number of aromatic nitrogens is 1. The summed E-state index contributed by atoms with van der Waals surface area (Å²) < 4.78 is 50.7. The number of benzodiazepines with no additional fused rings is 1. The number of benzene rings is 2. The predicted octanol–water partition coefficient (Wildman–Crippen LogP) is 4.68. The van der Waals surface area contributed by atoms with Crippen LogP contribution in [0.5, 0.6) is 0 Å². The van der Waals surface area contributed by atoms with Crippen LogP contribution in [0.1, 0.15) is 35.7 Å². The lowest BCUT2D eigenvalue weighted by Gasteiger charge is -2.23. The number of thiazole rings is 1. The molecule has 0 fully saturated rings. The lowest BCUT2D eigenvalue weighted by Crippen LogP contribution is -2.43. The fourth-order valence-electron chi connectivity index (χ4n) is 3.57. The molecule has 0 aliphatic carbocycles. The molecular formula is C26H26F3N7O3S. The second-order valence-corrected chi connectivity index (χ2v) is 10.2. The Morgan fingerprint density at radius 3 is 2.45 bits per heavy atom. The lowest BCUT2D eigenvalue weighted by molar-refractivity contribution is -0.137. The average molecular weight is 574 g/mol. The molecule has 2 aromatic carbocycles. The van der Waals surface area contributed by atoms with Crippen LogP contribution in [-0.2, 0) is 20.4 Å². The maximum absolute atomic E-state index is 13.4. The van der Waals surface area contributed by atoms with Crippen LogP contribution < -0.4 is 16.0 Å². The van der Waals surface area contributed by atoms with Gasteiger partial charge in [0.15, 0.2) is 5.69 Å². The lowest BCUT2D eigenvalue weighted by atomic mass is 10.0. The van der Waals surface area contributed by atoms with Gasteiger partial charge in [0.2, 0.25) is 17.1 Å². The summed E-state index contributed by atoms with van der Waals surface area (Å²) in [7, 11) is 1.46. The highest BCUT2D eigenvalue weighted by Crippen LogP contribution is 2.37. The smallest absolute Gasteiger partial charge is 0.405 e. The van der Waals surface area contributed by atoms with E-state index < -0.39 is 46.5 Å². The molecule has 4 rings (SSSR count). The van der Waals surface area contributed by atoms with Crippen molar-refractivity contribution >= 4 is 45.6 Å². The molecule has 40 heavy (non-hydrogen) atoms. The number of para-hydroxylation sites is 1. The van der Waals surface area contributed by atoms with Crippen molar-refractivity contribution < 1.29 is 27.4 Å². The quantitative estimate of drug-likeness (QED) is 0.205. The van der Waals surface area contributed by atoms with Gasteiger partial charge in [0.1, 0.15) is 5.00 Å². The van der Waals surface area contributed by atoms with E-state index in [2.05, 4.69) is 25.9 Å². The van der Waals surface area contributed by atoms with Crippen LogP contribution >= 0.6 is 11.3 Å². The van der Waals surface area contributed by atoms with Crippen molar-refractivity contribution in [1.29, 1.82) is 10.8 Å². The molecule has 0 saturated carbocycles. The summed E-state index contributed by atoms with van der Waals surface area (Å²) in [4.78, 5) is 21.0. The molecule has 5 N–H and O–H groups in total. The van der Waals surface area contributed by atoms with Gasteiger partial charge in [-0.05, 0) is 19.9 Å². The number of nitrogens with zero attached hydrogens (tertiary/aromatic N) is 2.